The molecule has 2 nitrogen and oxygen atoms in total. The Morgan fingerprint density at radius 1 is 1.50 bits per heavy atom. The highest BCUT2D eigenvalue weighted by Gasteiger charge is 2.23. The van der Waals surface area contributed by atoms with Crippen LogP contribution in [0.1, 0.15) is 26.2 Å². The van der Waals surface area contributed by atoms with Crippen LogP contribution < -0.4 is 5.32 Å². The Bertz CT molecular complexity index is 143. The van der Waals surface area contributed by atoms with E-state index in [4.69, 9.17) is 4.74 Å². The molecule has 0 aromatic rings. The summed E-state index contributed by atoms with van der Waals surface area (Å²) in [6.07, 6.45) is 3.84. The summed E-state index contributed by atoms with van der Waals surface area (Å²) in [6, 6.07) is 0.690. The zero-order valence-corrected chi connectivity index (χ0v) is 10.2. The molecule has 3 heteroatoms. The molecule has 0 spiro atoms. The Balaban J connectivity index is 2.13. The molecule has 1 rings (SSSR count). The molecule has 0 amide bonds. The molecule has 1 aliphatic rings. The fourth-order valence-electron chi connectivity index (χ4n) is 2.05. The molecule has 0 aromatic carbocycles. The predicted octanol–water partition coefficient (Wildman–Crippen LogP) is 2.14. The molecule has 2 atom stereocenters. The van der Waals surface area contributed by atoms with E-state index in [-0.39, 0.29) is 0 Å². The largest absolute Gasteiger partial charge is 0.381 e. The molecule has 0 aromatic heterocycles. The Morgan fingerprint density at radius 2 is 2.36 bits per heavy atom. The maximum atomic E-state index is 5.52. The number of thioether (sulfide) groups is 1. The fraction of sp³-hybridized carbons (Fsp3) is 1.00. The Morgan fingerprint density at radius 3 is 3.07 bits per heavy atom. The first-order chi connectivity index (χ1) is 6.88. The van der Waals surface area contributed by atoms with Crippen molar-refractivity contribution in [2.75, 3.05) is 31.8 Å². The van der Waals surface area contributed by atoms with Crippen LogP contribution >= 0.6 is 11.8 Å². The van der Waals surface area contributed by atoms with Gasteiger partial charge in [0.1, 0.15) is 0 Å². The third-order valence-corrected chi connectivity index (χ3v) is 3.90. The first kappa shape index (κ1) is 12.3. The molecular weight excluding hydrogens is 194 g/mol. The van der Waals surface area contributed by atoms with Gasteiger partial charge in [0.2, 0.25) is 0 Å². The Labute approximate surface area is 92.2 Å². The SMILES string of the molecule is CCSCCCC1COCCC1NC. The van der Waals surface area contributed by atoms with Crippen molar-refractivity contribution in [2.24, 2.45) is 5.92 Å². The van der Waals surface area contributed by atoms with Crippen LogP contribution in [0.5, 0.6) is 0 Å². The summed E-state index contributed by atoms with van der Waals surface area (Å²) < 4.78 is 5.52. The average Bonchev–Trinajstić information content (AvgIpc) is 2.25. The number of hydrogen-bond donors (Lipinski definition) is 1. The van der Waals surface area contributed by atoms with Crippen LogP contribution in [-0.4, -0.2) is 37.8 Å². The second-order valence-electron chi connectivity index (χ2n) is 3.86. The average molecular weight is 217 g/mol. The minimum atomic E-state index is 0.690. The lowest BCUT2D eigenvalue weighted by Gasteiger charge is -2.31. The molecule has 0 radical (unpaired) electrons. The lowest BCUT2D eigenvalue weighted by atomic mass is 9.92. The van der Waals surface area contributed by atoms with Gasteiger partial charge in [0.15, 0.2) is 0 Å². The van der Waals surface area contributed by atoms with Crippen LogP contribution in [0.4, 0.5) is 0 Å². The van der Waals surface area contributed by atoms with Crippen LogP contribution in [0.3, 0.4) is 0 Å². The second-order valence-corrected chi connectivity index (χ2v) is 5.25. The summed E-state index contributed by atoms with van der Waals surface area (Å²) in [6.45, 7) is 4.12. The van der Waals surface area contributed by atoms with Crippen molar-refractivity contribution in [1.29, 1.82) is 0 Å². The first-order valence-electron chi connectivity index (χ1n) is 5.71. The molecular formula is C11H23NOS. The fourth-order valence-corrected chi connectivity index (χ4v) is 2.71. The number of nitrogens with one attached hydrogen (secondary N) is 1. The minimum absolute atomic E-state index is 0.690. The maximum absolute atomic E-state index is 5.52. The summed E-state index contributed by atoms with van der Waals surface area (Å²) in [5, 5.41) is 3.41. The van der Waals surface area contributed by atoms with E-state index in [9.17, 15) is 0 Å². The molecule has 84 valence electrons. The highest BCUT2D eigenvalue weighted by molar-refractivity contribution is 7.99. The molecule has 1 heterocycles. The lowest BCUT2D eigenvalue weighted by molar-refractivity contribution is 0.0306. The highest BCUT2D eigenvalue weighted by atomic mass is 32.2. The van der Waals surface area contributed by atoms with E-state index in [2.05, 4.69) is 19.3 Å². The summed E-state index contributed by atoms with van der Waals surface area (Å²) in [4.78, 5) is 0. The van der Waals surface area contributed by atoms with E-state index in [1.165, 1.54) is 30.8 Å². The lowest BCUT2D eigenvalue weighted by Crippen LogP contribution is -2.40. The molecule has 0 bridgehead atoms. The first-order valence-corrected chi connectivity index (χ1v) is 6.86. The van der Waals surface area contributed by atoms with Gasteiger partial charge in [-0.15, -0.1) is 0 Å². The molecule has 1 N–H and O–H groups in total. The Hall–Kier alpha value is 0.270. The van der Waals surface area contributed by atoms with Crippen LogP contribution in [-0.2, 0) is 4.74 Å². The van der Waals surface area contributed by atoms with Gasteiger partial charge < -0.3 is 10.1 Å². The number of rotatable bonds is 6. The highest BCUT2D eigenvalue weighted by Crippen LogP contribution is 2.20. The van der Waals surface area contributed by atoms with Crippen molar-refractivity contribution in [3.63, 3.8) is 0 Å². The van der Waals surface area contributed by atoms with Gasteiger partial charge in [-0.3, -0.25) is 0 Å². The molecule has 0 aliphatic carbocycles. The van der Waals surface area contributed by atoms with Crippen molar-refractivity contribution in [1.82, 2.24) is 5.32 Å². The van der Waals surface area contributed by atoms with Gasteiger partial charge >= 0.3 is 0 Å². The van der Waals surface area contributed by atoms with E-state index < -0.39 is 0 Å². The van der Waals surface area contributed by atoms with E-state index in [1.54, 1.807) is 0 Å². The van der Waals surface area contributed by atoms with Gasteiger partial charge in [-0.05, 0) is 43.7 Å². The van der Waals surface area contributed by atoms with Crippen LogP contribution in [0.25, 0.3) is 0 Å². The van der Waals surface area contributed by atoms with Crippen molar-refractivity contribution in [2.45, 2.75) is 32.2 Å². The Kier molecular flexibility index (Phi) is 6.65. The quantitative estimate of drug-likeness (QED) is 0.689. The van der Waals surface area contributed by atoms with E-state index >= 15 is 0 Å². The van der Waals surface area contributed by atoms with Gasteiger partial charge in [-0.25, -0.2) is 0 Å². The van der Waals surface area contributed by atoms with Crippen LogP contribution in [0.2, 0.25) is 0 Å². The summed E-state index contributed by atoms with van der Waals surface area (Å²) in [5.41, 5.74) is 0. The van der Waals surface area contributed by atoms with Gasteiger partial charge in [0, 0.05) is 12.6 Å². The molecule has 2 unspecified atom stereocenters. The molecule has 1 aliphatic heterocycles. The van der Waals surface area contributed by atoms with E-state index in [0.717, 1.165) is 19.1 Å². The third-order valence-electron chi connectivity index (χ3n) is 2.91. The topological polar surface area (TPSA) is 21.3 Å². The van der Waals surface area contributed by atoms with Gasteiger partial charge in [0.25, 0.3) is 0 Å². The molecule has 0 saturated carbocycles. The zero-order valence-electron chi connectivity index (χ0n) is 9.42. The van der Waals surface area contributed by atoms with Gasteiger partial charge in [0.05, 0.1) is 6.61 Å². The monoisotopic (exact) mass is 217 g/mol. The maximum Gasteiger partial charge on any atom is 0.0509 e. The predicted molar refractivity (Wildman–Crippen MR) is 64.0 cm³/mol. The molecule has 14 heavy (non-hydrogen) atoms. The molecule has 1 saturated heterocycles. The third kappa shape index (κ3) is 4.20. The smallest absolute Gasteiger partial charge is 0.0509 e. The second kappa shape index (κ2) is 7.55. The van der Waals surface area contributed by atoms with Crippen molar-refractivity contribution < 1.29 is 4.74 Å². The number of ether oxygens (including phenoxy) is 1. The van der Waals surface area contributed by atoms with Crippen molar-refractivity contribution in [3.05, 3.63) is 0 Å². The van der Waals surface area contributed by atoms with Crippen molar-refractivity contribution >= 4 is 11.8 Å². The van der Waals surface area contributed by atoms with Crippen molar-refractivity contribution in [3.8, 4) is 0 Å². The van der Waals surface area contributed by atoms with E-state index in [1.807, 2.05) is 11.8 Å². The summed E-state index contributed by atoms with van der Waals surface area (Å²) in [7, 11) is 2.07. The van der Waals surface area contributed by atoms with Gasteiger partial charge in [-0.2, -0.15) is 11.8 Å². The van der Waals surface area contributed by atoms with Crippen LogP contribution in [0.15, 0.2) is 0 Å². The molecule has 1 fully saturated rings. The van der Waals surface area contributed by atoms with Gasteiger partial charge in [-0.1, -0.05) is 6.92 Å². The standard InChI is InChI=1S/C11H23NOS/c1-3-14-8-4-5-10-9-13-7-6-11(10)12-2/h10-12H,3-9H2,1-2H3. The summed E-state index contributed by atoms with van der Waals surface area (Å²) in [5.74, 6) is 3.30. The number of hydrogen-bond acceptors (Lipinski definition) is 3. The zero-order chi connectivity index (χ0) is 10.2. The summed E-state index contributed by atoms with van der Waals surface area (Å²) >= 11 is 2.04. The van der Waals surface area contributed by atoms with E-state index in [0.29, 0.717) is 6.04 Å². The van der Waals surface area contributed by atoms with Crippen LogP contribution in [0, 0.1) is 5.92 Å². The normalized spacial score (nSPS) is 27.9. The minimum Gasteiger partial charge on any atom is -0.381 e.